The molecule has 1 aliphatic carbocycles. The van der Waals surface area contributed by atoms with Gasteiger partial charge in [-0.15, -0.1) is 0 Å². The summed E-state index contributed by atoms with van der Waals surface area (Å²) in [5.41, 5.74) is 1.59. The molecule has 0 saturated carbocycles. The summed E-state index contributed by atoms with van der Waals surface area (Å²) in [6.07, 6.45) is 2.92. The van der Waals surface area contributed by atoms with Crippen LogP contribution >= 0.6 is 11.6 Å². The first-order valence-electron chi connectivity index (χ1n) is 4.61. The topological polar surface area (TPSA) is 20.2 Å². The van der Waals surface area contributed by atoms with E-state index in [2.05, 4.69) is 0 Å². The van der Waals surface area contributed by atoms with Crippen LogP contribution in [-0.4, -0.2) is 5.11 Å². The van der Waals surface area contributed by atoms with Crippen LogP contribution in [0.3, 0.4) is 0 Å². The van der Waals surface area contributed by atoms with Crippen LogP contribution in [0.1, 0.15) is 30.9 Å². The predicted molar refractivity (Wildman–Crippen MR) is 54.0 cm³/mol. The van der Waals surface area contributed by atoms with Gasteiger partial charge in [0.25, 0.3) is 0 Å². The molecule has 13 heavy (non-hydrogen) atoms. The molecule has 0 fully saturated rings. The third kappa shape index (κ3) is 1.59. The Balaban J connectivity index is 2.53. The minimum atomic E-state index is -0.655. The van der Waals surface area contributed by atoms with Crippen molar-refractivity contribution < 1.29 is 5.11 Å². The quantitative estimate of drug-likeness (QED) is 0.677. The van der Waals surface area contributed by atoms with E-state index >= 15 is 0 Å². The molecule has 1 N–H and O–H groups in total. The molecule has 0 aliphatic heterocycles. The van der Waals surface area contributed by atoms with Gasteiger partial charge in [-0.25, -0.2) is 0 Å². The summed E-state index contributed by atoms with van der Waals surface area (Å²) >= 11 is 5.89. The molecule has 0 amide bonds. The molecule has 1 aliphatic rings. The van der Waals surface area contributed by atoms with E-state index in [9.17, 15) is 5.11 Å². The molecule has 70 valence electrons. The van der Waals surface area contributed by atoms with E-state index in [-0.39, 0.29) is 0 Å². The van der Waals surface area contributed by atoms with Crippen LogP contribution in [0, 0.1) is 0 Å². The van der Waals surface area contributed by atoms with Gasteiger partial charge < -0.3 is 5.11 Å². The second-order valence-electron chi connectivity index (χ2n) is 3.93. The minimum Gasteiger partial charge on any atom is -0.385 e. The molecule has 2 heteroatoms. The number of aryl methyl sites for hydroxylation is 1. The Morgan fingerprint density at radius 1 is 1.46 bits per heavy atom. The van der Waals surface area contributed by atoms with Crippen molar-refractivity contribution in [2.24, 2.45) is 0 Å². The van der Waals surface area contributed by atoms with E-state index in [0.29, 0.717) is 0 Å². The smallest absolute Gasteiger partial charge is 0.0871 e. The molecule has 0 heterocycles. The van der Waals surface area contributed by atoms with E-state index < -0.39 is 5.60 Å². The van der Waals surface area contributed by atoms with Crippen molar-refractivity contribution in [2.75, 3.05) is 0 Å². The summed E-state index contributed by atoms with van der Waals surface area (Å²) in [4.78, 5) is 0. The van der Waals surface area contributed by atoms with Gasteiger partial charge in [0.2, 0.25) is 0 Å². The summed E-state index contributed by atoms with van der Waals surface area (Å²) in [6, 6.07) is 5.75. The Hall–Kier alpha value is -0.530. The number of benzene rings is 1. The Bertz CT molecular complexity index is 331. The molecular formula is C11H13ClO. The first-order valence-corrected chi connectivity index (χ1v) is 4.99. The maximum atomic E-state index is 10.1. The third-order valence-electron chi connectivity index (χ3n) is 2.76. The van der Waals surface area contributed by atoms with Crippen LogP contribution in [0.5, 0.6) is 0 Å². The Morgan fingerprint density at radius 3 is 3.00 bits per heavy atom. The van der Waals surface area contributed by atoms with Gasteiger partial charge in [0.1, 0.15) is 0 Å². The van der Waals surface area contributed by atoms with E-state index in [1.165, 1.54) is 5.56 Å². The number of rotatable bonds is 0. The Labute approximate surface area is 83.3 Å². The van der Waals surface area contributed by atoms with Gasteiger partial charge in [0.15, 0.2) is 0 Å². The highest BCUT2D eigenvalue weighted by Crippen LogP contribution is 2.35. The maximum absolute atomic E-state index is 10.1. The molecule has 0 bridgehead atoms. The number of halogens is 1. The second-order valence-corrected chi connectivity index (χ2v) is 4.37. The Kier molecular flexibility index (Phi) is 2.09. The minimum absolute atomic E-state index is 0.655. The standard InChI is InChI=1S/C11H13ClO/c1-11(13)6-2-3-8-7-9(12)4-5-10(8)11/h4-5,7,13H,2-3,6H2,1H3. The molecule has 0 saturated heterocycles. The molecule has 0 spiro atoms. The lowest BCUT2D eigenvalue weighted by atomic mass is 9.80. The van der Waals surface area contributed by atoms with Crippen LogP contribution in [0.2, 0.25) is 5.02 Å². The number of aliphatic hydroxyl groups is 1. The highest BCUT2D eigenvalue weighted by Gasteiger charge is 2.28. The normalized spacial score (nSPS) is 27.0. The largest absolute Gasteiger partial charge is 0.385 e. The molecule has 0 radical (unpaired) electrons. The van der Waals surface area contributed by atoms with Gasteiger partial charge in [0.05, 0.1) is 5.60 Å². The predicted octanol–water partition coefficient (Wildman–Crippen LogP) is 2.88. The number of fused-ring (bicyclic) bond motifs is 1. The van der Waals surface area contributed by atoms with Crippen LogP contribution in [0.15, 0.2) is 18.2 Å². The van der Waals surface area contributed by atoms with Crippen LogP contribution < -0.4 is 0 Å². The summed E-state index contributed by atoms with van der Waals surface area (Å²) < 4.78 is 0. The zero-order valence-corrected chi connectivity index (χ0v) is 8.43. The lowest BCUT2D eigenvalue weighted by molar-refractivity contribution is 0.0387. The first kappa shape index (κ1) is 9.04. The van der Waals surface area contributed by atoms with E-state index in [4.69, 9.17) is 11.6 Å². The lowest BCUT2D eigenvalue weighted by Crippen LogP contribution is -2.26. The Morgan fingerprint density at radius 2 is 2.23 bits per heavy atom. The number of hydrogen-bond acceptors (Lipinski definition) is 1. The van der Waals surface area contributed by atoms with Crippen LogP contribution in [0.25, 0.3) is 0 Å². The van der Waals surface area contributed by atoms with Crippen molar-refractivity contribution in [1.29, 1.82) is 0 Å². The van der Waals surface area contributed by atoms with Crippen molar-refractivity contribution in [2.45, 2.75) is 31.8 Å². The molecule has 1 atom stereocenters. The van der Waals surface area contributed by atoms with Crippen molar-refractivity contribution in [3.8, 4) is 0 Å². The highest BCUT2D eigenvalue weighted by atomic mass is 35.5. The maximum Gasteiger partial charge on any atom is 0.0871 e. The monoisotopic (exact) mass is 196 g/mol. The van der Waals surface area contributed by atoms with Gasteiger partial charge in [-0.05, 0) is 49.4 Å². The summed E-state index contributed by atoms with van der Waals surface area (Å²) in [5, 5.41) is 10.8. The fraction of sp³-hybridized carbons (Fsp3) is 0.455. The lowest BCUT2D eigenvalue weighted by Gasteiger charge is -2.31. The zero-order valence-electron chi connectivity index (χ0n) is 7.68. The van der Waals surface area contributed by atoms with Crippen LogP contribution in [-0.2, 0) is 12.0 Å². The number of hydrogen-bond donors (Lipinski definition) is 1. The molecule has 1 unspecified atom stereocenters. The van der Waals surface area contributed by atoms with Gasteiger partial charge in [-0.2, -0.15) is 0 Å². The fourth-order valence-electron chi connectivity index (χ4n) is 2.05. The summed E-state index contributed by atoms with van der Waals surface area (Å²) in [7, 11) is 0. The van der Waals surface area contributed by atoms with Gasteiger partial charge in [-0.3, -0.25) is 0 Å². The SMILES string of the molecule is CC1(O)CCCc2cc(Cl)ccc21. The first-order chi connectivity index (χ1) is 6.09. The van der Waals surface area contributed by atoms with Crippen molar-refractivity contribution in [3.05, 3.63) is 34.3 Å². The zero-order chi connectivity index (χ0) is 9.47. The second kappa shape index (κ2) is 3.00. The molecule has 2 rings (SSSR count). The van der Waals surface area contributed by atoms with Gasteiger partial charge in [0, 0.05) is 5.02 Å². The van der Waals surface area contributed by atoms with Crippen molar-refractivity contribution in [3.63, 3.8) is 0 Å². The molecule has 1 nitrogen and oxygen atoms in total. The van der Waals surface area contributed by atoms with E-state index in [1.807, 2.05) is 25.1 Å². The van der Waals surface area contributed by atoms with Crippen LogP contribution in [0.4, 0.5) is 0 Å². The molecule has 1 aromatic carbocycles. The third-order valence-corrected chi connectivity index (χ3v) is 2.99. The summed E-state index contributed by atoms with van der Waals surface area (Å²) in [6.45, 7) is 1.87. The average molecular weight is 197 g/mol. The molecular weight excluding hydrogens is 184 g/mol. The van der Waals surface area contributed by atoms with Crippen molar-refractivity contribution in [1.82, 2.24) is 0 Å². The average Bonchev–Trinajstić information content (AvgIpc) is 2.02. The fourth-order valence-corrected chi connectivity index (χ4v) is 2.25. The molecule has 1 aromatic rings. The van der Waals surface area contributed by atoms with E-state index in [1.54, 1.807) is 0 Å². The summed E-state index contributed by atoms with van der Waals surface area (Å²) in [5.74, 6) is 0. The van der Waals surface area contributed by atoms with Gasteiger partial charge in [-0.1, -0.05) is 17.7 Å². The molecule has 0 aromatic heterocycles. The van der Waals surface area contributed by atoms with Gasteiger partial charge >= 0.3 is 0 Å². The highest BCUT2D eigenvalue weighted by molar-refractivity contribution is 6.30. The van der Waals surface area contributed by atoms with Crippen molar-refractivity contribution >= 4 is 11.6 Å². The van der Waals surface area contributed by atoms with E-state index in [0.717, 1.165) is 29.8 Å².